The van der Waals surface area contributed by atoms with Gasteiger partial charge in [0.25, 0.3) is 0 Å². The van der Waals surface area contributed by atoms with Gasteiger partial charge in [0.05, 0.1) is 0 Å². The van der Waals surface area contributed by atoms with Crippen molar-refractivity contribution in [2.45, 2.75) is 0 Å². The summed E-state index contributed by atoms with van der Waals surface area (Å²) in [5.74, 6) is 0.538. The molecule has 226 valence electrons. The molecule has 0 fully saturated rings. The Bertz CT molecular complexity index is 2640. The zero-order valence-corrected chi connectivity index (χ0v) is 26.7. The molecule has 9 rings (SSSR count). The van der Waals surface area contributed by atoms with Crippen molar-refractivity contribution in [3.8, 4) is 56.0 Å². The molecule has 1 heterocycles. The maximum atomic E-state index is 6.60. The van der Waals surface area contributed by atoms with Gasteiger partial charge < -0.3 is 4.42 Å². The largest absolute Gasteiger partial charge is 0.436 e. The lowest BCUT2D eigenvalue weighted by molar-refractivity contribution is 0.620. The van der Waals surface area contributed by atoms with E-state index >= 15 is 0 Å². The third-order valence-electron chi connectivity index (χ3n) is 9.18. The fraction of sp³-hybridized carbons (Fsp3) is 0. The summed E-state index contributed by atoms with van der Waals surface area (Å²) in [4.78, 5) is 5.13. The first-order valence-corrected chi connectivity index (χ1v) is 16.4. The van der Waals surface area contributed by atoms with E-state index in [9.17, 15) is 0 Å². The van der Waals surface area contributed by atoms with E-state index in [0.29, 0.717) is 10.9 Å². The van der Waals surface area contributed by atoms with Gasteiger partial charge in [0, 0.05) is 16.1 Å². The number of oxazole rings is 1. The SMILES string of the molecule is Clc1cccc(-c2nc3c(-c4ccccc4-c4cccc5ccccc45)cc(-c4ccccc4-c4cccc5ccccc45)cc3o2)c1. The van der Waals surface area contributed by atoms with Crippen molar-refractivity contribution in [1.29, 1.82) is 0 Å². The second-order valence-corrected chi connectivity index (χ2v) is 12.5. The van der Waals surface area contributed by atoms with E-state index in [0.717, 1.165) is 50.0 Å². The minimum absolute atomic E-state index is 0.538. The highest BCUT2D eigenvalue weighted by Crippen LogP contribution is 2.44. The van der Waals surface area contributed by atoms with E-state index in [1.165, 1.54) is 32.7 Å². The third-order valence-corrected chi connectivity index (χ3v) is 9.42. The summed E-state index contributed by atoms with van der Waals surface area (Å²) in [5.41, 5.74) is 11.3. The number of halogens is 1. The Morgan fingerprint density at radius 1 is 0.396 bits per heavy atom. The summed E-state index contributed by atoms with van der Waals surface area (Å²) in [6.07, 6.45) is 0. The van der Waals surface area contributed by atoms with Gasteiger partial charge in [-0.1, -0.05) is 151 Å². The summed E-state index contributed by atoms with van der Waals surface area (Å²) in [7, 11) is 0. The number of nitrogens with zero attached hydrogens (tertiary/aromatic N) is 1. The van der Waals surface area contributed by atoms with Crippen LogP contribution in [0.25, 0.3) is 88.6 Å². The quantitative estimate of drug-likeness (QED) is 0.188. The number of benzene rings is 8. The van der Waals surface area contributed by atoms with E-state index in [1.807, 2.05) is 24.3 Å². The predicted molar refractivity (Wildman–Crippen MR) is 201 cm³/mol. The first-order valence-electron chi connectivity index (χ1n) is 16.1. The van der Waals surface area contributed by atoms with Gasteiger partial charge in [-0.3, -0.25) is 0 Å². The van der Waals surface area contributed by atoms with Gasteiger partial charge in [0.15, 0.2) is 5.58 Å². The van der Waals surface area contributed by atoms with Gasteiger partial charge in [0.1, 0.15) is 5.52 Å². The minimum Gasteiger partial charge on any atom is -0.436 e. The lowest BCUT2D eigenvalue weighted by Gasteiger charge is -2.16. The first kappa shape index (κ1) is 28.3. The van der Waals surface area contributed by atoms with Crippen LogP contribution in [0.15, 0.2) is 174 Å². The molecule has 0 atom stereocenters. The standard InChI is InChI=1S/C45H28ClNO/c46-33-17-9-16-31(26-33)45-47-44-42(41-23-8-7-22-40(41)39-25-11-15-30-13-2-4-19-35(30)39)27-32(28-43(44)48-45)36-20-5-6-21-37(36)38-24-10-14-29-12-1-3-18-34(29)38/h1-28H. The Labute approximate surface area is 283 Å². The topological polar surface area (TPSA) is 26.0 Å². The molecule has 0 aliphatic carbocycles. The highest BCUT2D eigenvalue weighted by Gasteiger charge is 2.20. The smallest absolute Gasteiger partial charge is 0.227 e. The Balaban J connectivity index is 1.33. The molecule has 0 bridgehead atoms. The predicted octanol–water partition coefficient (Wildman–Crippen LogP) is 13.1. The summed E-state index contributed by atoms with van der Waals surface area (Å²) < 4.78 is 6.60. The van der Waals surface area contributed by atoms with E-state index in [4.69, 9.17) is 21.0 Å². The van der Waals surface area contributed by atoms with Crippen LogP contribution in [-0.4, -0.2) is 4.98 Å². The molecule has 1 aromatic heterocycles. The van der Waals surface area contributed by atoms with Crippen molar-refractivity contribution in [1.82, 2.24) is 4.98 Å². The maximum Gasteiger partial charge on any atom is 0.227 e. The van der Waals surface area contributed by atoms with Gasteiger partial charge in [-0.05, 0) is 90.8 Å². The summed E-state index contributed by atoms with van der Waals surface area (Å²) in [5, 5.41) is 5.49. The van der Waals surface area contributed by atoms with Crippen LogP contribution < -0.4 is 0 Å². The third kappa shape index (κ3) is 4.86. The number of aromatic nitrogens is 1. The molecule has 48 heavy (non-hydrogen) atoms. The lowest BCUT2D eigenvalue weighted by Crippen LogP contribution is -1.91. The Kier molecular flexibility index (Phi) is 6.88. The number of fused-ring (bicyclic) bond motifs is 3. The molecule has 0 N–H and O–H groups in total. The van der Waals surface area contributed by atoms with Crippen LogP contribution in [0.2, 0.25) is 5.02 Å². The molecular weight excluding hydrogens is 606 g/mol. The molecule has 2 nitrogen and oxygen atoms in total. The molecule has 0 unspecified atom stereocenters. The fourth-order valence-electron chi connectivity index (χ4n) is 6.98. The second-order valence-electron chi connectivity index (χ2n) is 12.0. The molecule has 3 heteroatoms. The van der Waals surface area contributed by atoms with Crippen LogP contribution in [-0.2, 0) is 0 Å². The molecule has 0 aliphatic rings. The van der Waals surface area contributed by atoms with Gasteiger partial charge in [-0.25, -0.2) is 4.98 Å². The molecular formula is C45H28ClNO. The van der Waals surface area contributed by atoms with Crippen LogP contribution in [0, 0.1) is 0 Å². The van der Waals surface area contributed by atoms with E-state index in [-0.39, 0.29) is 0 Å². The van der Waals surface area contributed by atoms with Crippen LogP contribution in [0.4, 0.5) is 0 Å². The van der Waals surface area contributed by atoms with Gasteiger partial charge in [0.2, 0.25) is 5.89 Å². The van der Waals surface area contributed by atoms with Crippen molar-refractivity contribution < 1.29 is 4.42 Å². The van der Waals surface area contributed by atoms with E-state index < -0.39 is 0 Å². The molecule has 0 saturated carbocycles. The Morgan fingerprint density at radius 3 is 1.54 bits per heavy atom. The second kappa shape index (κ2) is 11.7. The van der Waals surface area contributed by atoms with Gasteiger partial charge in [-0.15, -0.1) is 0 Å². The zero-order chi connectivity index (χ0) is 32.0. The maximum absolute atomic E-state index is 6.60. The number of hydrogen-bond donors (Lipinski definition) is 0. The number of rotatable bonds is 5. The molecule has 9 aromatic rings. The summed E-state index contributed by atoms with van der Waals surface area (Å²) in [6.45, 7) is 0. The highest BCUT2D eigenvalue weighted by molar-refractivity contribution is 6.30. The van der Waals surface area contributed by atoms with E-state index in [2.05, 4.69) is 146 Å². The molecule has 0 amide bonds. The fourth-order valence-corrected chi connectivity index (χ4v) is 7.17. The number of hydrogen-bond acceptors (Lipinski definition) is 2. The van der Waals surface area contributed by atoms with E-state index in [1.54, 1.807) is 0 Å². The van der Waals surface area contributed by atoms with Crippen LogP contribution in [0.5, 0.6) is 0 Å². The van der Waals surface area contributed by atoms with Crippen LogP contribution >= 0.6 is 11.6 Å². The van der Waals surface area contributed by atoms with Crippen LogP contribution in [0.1, 0.15) is 0 Å². The average Bonchev–Trinajstić information content (AvgIpc) is 3.59. The van der Waals surface area contributed by atoms with Crippen molar-refractivity contribution in [2.75, 3.05) is 0 Å². The molecule has 8 aromatic carbocycles. The average molecular weight is 634 g/mol. The van der Waals surface area contributed by atoms with Gasteiger partial charge >= 0.3 is 0 Å². The summed E-state index contributed by atoms with van der Waals surface area (Å²) >= 11 is 6.41. The van der Waals surface area contributed by atoms with Crippen molar-refractivity contribution in [3.63, 3.8) is 0 Å². The molecule has 0 spiro atoms. The first-order chi connectivity index (χ1) is 23.7. The zero-order valence-electron chi connectivity index (χ0n) is 25.9. The Hall–Kier alpha value is -5.96. The molecule has 0 radical (unpaired) electrons. The van der Waals surface area contributed by atoms with Crippen molar-refractivity contribution >= 4 is 44.2 Å². The highest BCUT2D eigenvalue weighted by atomic mass is 35.5. The minimum atomic E-state index is 0.538. The molecule has 0 aliphatic heterocycles. The van der Waals surface area contributed by atoms with Crippen molar-refractivity contribution in [2.24, 2.45) is 0 Å². The Morgan fingerprint density at radius 2 is 0.896 bits per heavy atom. The van der Waals surface area contributed by atoms with Gasteiger partial charge in [-0.2, -0.15) is 0 Å². The normalized spacial score (nSPS) is 11.4. The lowest BCUT2D eigenvalue weighted by atomic mass is 9.87. The van der Waals surface area contributed by atoms with Crippen LogP contribution in [0.3, 0.4) is 0 Å². The monoisotopic (exact) mass is 633 g/mol. The molecule has 0 saturated heterocycles. The summed E-state index contributed by atoms with van der Waals surface area (Å²) in [6, 6.07) is 59.5. The van der Waals surface area contributed by atoms with Crippen molar-refractivity contribution in [3.05, 3.63) is 175 Å².